The van der Waals surface area contributed by atoms with Crippen molar-refractivity contribution in [1.82, 2.24) is 9.47 Å². The first-order chi connectivity index (χ1) is 17.8. The summed E-state index contributed by atoms with van der Waals surface area (Å²) in [5.74, 6) is -0.136. The lowest BCUT2D eigenvalue weighted by Gasteiger charge is -2.21. The minimum absolute atomic E-state index is 0.00624. The van der Waals surface area contributed by atoms with Crippen LogP contribution in [0.25, 0.3) is 10.8 Å². The van der Waals surface area contributed by atoms with Crippen molar-refractivity contribution < 1.29 is 23.9 Å². The lowest BCUT2D eigenvalue weighted by molar-refractivity contribution is -0.138. The Morgan fingerprint density at radius 2 is 1.81 bits per heavy atom. The summed E-state index contributed by atoms with van der Waals surface area (Å²) in [5.41, 5.74) is 6.70. The van der Waals surface area contributed by atoms with Crippen LogP contribution in [0.1, 0.15) is 45.7 Å². The van der Waals surface area contributed by atoms with E-state index in [4.69, 9.17) is 15.2 Å². The van der Waals surface area contributed by atoms with Crippen molar-refractivity contribution >= 4 is 28.4 Å². The Kier molecular flexibility index (Phi) is 7.92. The number of benzene rings is 1. The third-order valence-electron chi connectivity index (χ3n) is 6.44. The van der Waals surface area contributed by atoms with Crippen molar-refractivity contribution in [3.8, 4) is 11.5 Å². The molecular weight excluding hydrogens is 474 g/mol. The Bertz CT molecular complexity index is 1370. The van der Waals surface area contributed by atoms with Gasteiger partial charge in [0.15, 0.2) is 5.78 Å². The van der Waals surface area contributed by atoms with E-state index in [-0.39, 0.29) is 54.5 Å². The summed E-state index contributed by atoms with van der Waals surface area (Å²) in [7, 11) is 0. The number of carbonyl (C=O) groups excluding carboxylic acids is 3. The number of carbonyl (C=O) groups is 3. The maximum Gasteiger partial charge on any atom is 0.265 e. The molecule has 9 heteroatoms. The second kappa shape index (κ2) is 11.1. The van der Waals surface area contributed by atoms with Crippen molar-refractivity contribution in [3.05, 3.63) is 57.5 Å². The van der Waals surface area contributed by atoms with Gasteiger partial charge in [-0.05, 0) is 30.5 Å². The summed E-state index contributed by atoms with van der Waals surface area (Å²) < 4.78 is 13.7. The maximum atomic E-state index is 13.3. The number of imide groups is 1. The molecule has 0 spiro atoms. The Balaban J connectivity index is 1.59. The first-order valence-corrected chi connectivity index (χ1v) is 12.7. The molecule has 1 aliphatic carbocycles. The zero-order valence-corrected chi connectivity index (χ0v) is 21.5. The molecule has 2 aliphatic rings. The third kappa shape index (κ3) is 5.09. The standard InChI is InChI=1S/C28H33N3O6/c1-4-5-12-37-25-21-14-18(9-10-19(21)26(33)31(16-17(2)3)22(25)15-29)36-13-11-30-27(34)20-7-6-8-23(32)24(20)28(30)35/h6-7,9-10,14,17H,4-5,8,11-13,15-16,29H2,1-3H3. The fourth-order valence-corrected chi connectivity index (χ4v) is 4.64. The van der Waals surface area contributed by atoms with E-state index in [1.807, 2.05) is 13.8 Å². The van der Waals surface area contributed by atoms with Gasteiger partial charge in [-0.15, -0.1) is 0 Å². The number of Topliss-reactive ketones (excluding diaryl/α,β-unsaturated/α-hetero) is 1. The summed E-state index contributed by atoms with van der Waals surface area (Å²) in [4.78, 5) is 51.7. The monoisotopic (exact) mass is 507 g/mol. The quantitative estimate of drug-likeness (QED) is 0.282. The van der Waals surface area contributed by atoms with Gasteiger partial charge in [0.2, 0.25) is 0 Å². The number of nitrogens with zero attached hydrogens (tertiary/aromatic N) is 2. The molecule has 1 aromatic heterocycles. The van der Waals surface area contributed by atoms with Crippen LogP contribution < -0.4 is 20.8 Å². The lowest BCUT2D eigenvalue weighted by Crippen LogP contribution is -2.35. The summed E-state index contributed by atoms with van der Waals surface area (Å²) in [5, 5.41) is 1.11. The maximum absolute atomic E-state index is 13.3. The van der Waals surface area contributed by atoms with E-state index in [2.05, 4.69) is 6.92 Å². The highest BCUT2D eigenvalue weighted by atomic mass is 16.5. The van der Waals surface area contributed by atoms with Crippen LogP contribution in [0.15, 0.2) is 46.3 Å². The van der Waals surface area contributed by atoms with Crippen LogP contribution in [-0.2, 0) is 27.5 Å². The zero-order valence-electron chi connectivity index (χ0n) is 21.5. The van der Waals surface area contributed by atoms with Crippen molar-refractivity contribution in [2.45, 2.75) is 53.1 Å². The number of hydrogen-bond acceptors (Lipinski definition) is 7. The summed E-state index contributed by atoms with van der Waals surface area (Å²) in [6.07, 6.45) is 5.06. The fourth-order valence-electron chi connectivity index (χ4n) is 4.64. The summed E-state index contributed by atoms with van der Waals surface area (Å²) in [6, 6.07) is 5.12. The van der Waals surface area contributed by atoms with Crippen LogP contribution >= 0.6 is 0 Å². The molecule has 37 heavy (non-hydrogen) atoms. The van der Waals surface area contributed by atoms with Gasteiger partial charge in [0.25, 0.3) is 17.4 Å². The van der Waals surface area contributed by atoms with Gasteiger partial charge >= 0.3 is 0 Å². The SMILES string of the molecule is CCCCOc1c(CN)n(CC(C)C)c(=O)c2ccc(OCCN3C(=O)C4=C(C(=O)CC=C4)C3=O)cc12. The van der Waals surface area contributed by atoms with Gasteiger partial charge in [-0.3, -0.25) is 24.1 Å². The molecule has 4 rings (SSSR count). The molecule has 2 heterocycles. The average Bonchev–Trinajstić information content (AvgIpc) is 3.12. The normalized spacial score (nSPS) is 15.4. The second-order valence-corrected chi connectivity index (χ2v) is 9.63. The molecule has 2 N–H and O–H groups in total. The number of ether oxygens (including phenoxy) is 2. The lowest BCUT2D eigenvalue weighted by atomic mass is 9.98. The number of amides is 2. The van der Waals surface area contributed by atoms with E-state index in [9.17, 15) is 19.2 Å². The van der Waals surface area contributed by atoms with Crippen molar-refractivity contribution in [2.75, 3.05) is 19.8 Å². The largest absolute Gasteiger partial charge is 0.492 e. The van der Waals surface area contributed by atoms with E-state index in [0.29, 0.717) is 41.1 Å². The van der Waals surface area contributed by atoms with Gasteiger partial charge in [0.05, 0.1) is 35.4 Å². The van der Waals surface area contributed by atoms with Crippen LogP contribution in [0.5, 0.6) is 11.5 Å². The van der Waals surface area contributed by atoms with Gasteiger partial charge in [-0.25, -0.2) is 0 Å². The smallest absolute Gasteiger partial charge is 0.265 e. The summed E-state index contributed by atoms with van der Waals surface area (Å²) in [6.45, 7) is 7.35. The van der Waals surface area contributed by atoms with Gasteiger partial charge in [-0.2, -0.15) is 0 Å². The Morgan fingerprint density at radius 1 is 1.03 bits per heavy atom. The second-order valence-electron chi connectivity index (χ2n) is 9.63. The van der Waals surface area contributed by atoms with Crippen LogP contribution in [-0.4, -0.2) is 46.8 Å². The minimum Gasteiger partial charge on any atom is -0.492 e. The average molecular weight is 508 g/mol. The van der Waals surface area contributed by atoms with E-state index in [1.54, 1.807) is 28.8 Å². The molecule has 0 unspecified atom stereocenters. The van der Waals surface area contributed by atoms with Crippen molar-refractivity contribution in [3.63, 3.8) is 0 Å². The third-order valence-corrected chi connectivity index (χ3v) is 6.44. The number of pyridine rings is 1. The topological polar surface area (TPSA) is 121 Å². The number of fused-ring (bicyclic) bond motifs is 1. The number of rotatable bonds is 11. The molecule has 1 aromatic carbocycles. The first kappa shape index (κ1) is 26.3. The van der Waals surface area contributed by atoms with Crippen LogP contribution in [0.2, 0.25) is 0 Å². The predicted octanol–water partition coefficient (Wildman–Crippen LogP) is 2.87. The van der Waals surface area contributed by atoms with Crippen LogP contribution in [0, 0.1) is 5.92 Å². The number of aromatic nitrogens is 1. The highest BCUT2D eigenvalue weighted by molar-refractivity contribution is 6.33. The van der Waals surface area contributed by atoms with E-state index in [0.717, 1.165) is 17.7 Å². The van der Waals surface area contributed by atoms with Gasteiger partial charge in [0.1, 0.15) is 18.1 Å². The molecule has 2 amide bonds. The van der Waals surface area contributed by atoms with E-state index < -0.39 is 11.8 Å². The molecule has 0 saturated carbocycles. The number of unbranched alkanes of at least 4 members (excludes halogenated alkanes) is 1. The molecule has 0 atom stereocenters. The van der Waals surface area contributed by atoms with E-state index in [1.165, 1.54) is 6.08 Å². The molecule has 0 fully saturated rings. The molecule has 2 aromatic rings. The predicted molar refractivity (Wildman–Crippen MR) is 139 cm³/mol. The number of nitrogens with two attached hydrogens (primary N) is 1. The first-order valence-electron chi connectivity index (χ1n) is 12.7. The van der Waals surface area contributed by atoms with Crippen molar-refractivity contribution in [1.29, 1.82) is 0 Å². The zero-order chi connectivity index (χ0) is 26.7. The highest BCUT2D eigenvalue weighted by Gasteiger charge is 2.41. The summed E-state index contributed by atoms with van der Waals surface area (Å²) >= 11 is 0. The Hall–Kier alpha value is -3.72. The number of hydrogen-bond donors (Lipinski definition) is 1. The molecule has 1 aliphatic heterocycles. The van der Waals surface area contributed by atoms with Gasteiger partial charge in [0, 0.05) is 24.9 Å². The Labute approximate surface area is 215 Å². The molecule has 0 radical (unpaired) electrons. The van der Waals surface area contributed by atoms with E-state index >= 15 is 0 Å². The molecule has 0 bridgehead atoms. The van der Waals surface area contributed by atoms with Crippen LogP contribution in [0.4, 0.5) is 0 Å². The highest BCUT2D eigenvalue weighted by Crippen LogP contribution is 2.32. The van der Waals surface area contributed by atoms with Gasteiger partial charge < -0.3 is 19.8 Å². The number of ketones is 1. The molecule has 0 saturated heterocycles. The molecular formula is C28H33N3O6. The Morgan fingerprint density at radius 3 is 2.49 bits per heavy atom. The fraction of sp³-hybridized carbons (Fsp3) is 0.429. The minimum atomic E-state index is -0.582. The molecule has 9 nitrogen and oxygen atoms in total. The van der Waals surface area contributed by atoms with Gasteiger partial charge in [-0.1, -0.05) is 39.3 Å². The number of allylic oxidation sites excluding steroid dienone is 1. The molecule has 196 valence electrons. The van der Waals surface area contributed by atoms with Crippen LogP contribution in [0.3, 0.4) is 0 Å². The van der Waals surface area contributed by atoms with Crippen molar-refractivity contribution in [2.24, 2.45) is 11.7 Å².